The van der Waals surface area contributed by atoms with E-state index in [2.05, 4.69) is 10.4 Å². The number of nitrogens with zero attached hydrogens (tertiary/aromatic N) is 2. The van der Waals surface area contributed by atoms with E-state index in [1.165, 1.54) is 12.1 Å². The van der Waals surface area contributed by atoms with E-state index in [9.17, 15) is 19.1 Å². The van der Waals surface area contributed by atoms with Gasteiger partial charge < -0.3 is 15.2 Å². The molecule has 0 bridgehead atoms. The van der Waals surface area contributed by atoms with Crippen molar-refractivity contribution in [3.63, 3.8) is 0 Å². The summed E-state index contributed by atoms with van der Waals surface area (Å²) in [4.78, 5) is 23.0. The quantitative estimate of drug-likeness (QED) is 0.683. The second-order valence-corrected chi connectivity index (χ2v) is 6.34. The molecule has 1 heterocycles. The third kappa shape index (κ3) is 4.43. The van der Waals surface area contributed by atoms with Gasteiger partial charge in [0.05, 0.1) is 11.4 Å². The fourth-order valence-corrected chi connectivity index (χ4v) is 2.95. The summed E-state index contributed by atoms with van der Waals surface area (Å²) < 4.78 is 14.9. The van der Waals surface area contributed by atoms with Gasteiger partial charge in [-0.2, -0.15) is 5.10 Å². The highest BCUT2D eigenvalue weighted by Gasteiger charge is 2.20. The van der Waals surface area contributed by atoms with Crippen molar-refractivity contribution >= 4 is 17.7 Å². The van der Waals surface area contributed by atoms with Crippen LogP contribution in [0.4, 0.5) is 10.2 Å². The van der Waals surface area contributed by atoms with Crippen LogP contribution in [-0.2, 0) is 9.59 Å². The number of carboxylic acids is 1. The Bertz CT molecular complexity index is 982. The van der Waals surface area contributed by atoms with Gasteiger partial charge in [-0.25, -0.2) is 9.07 Å². The molecule has 0 aliphatic carbocycles. The number of aliphatic carboxylic acids is 1. The number of hydrogen-bond donors (Lipinski definition) is 1. The van der Waals surface area contributed by atoms with E-state index in [4.69, 9.17) is 0 Å². The number of carboxylic acid groups (broad SMARTS) is 1. The number of carbonyl (C=O) groups excluding carboxylic acids is 2. The first kappa shape index (κ1) is 19.3. The molecule has 7 heteroatoms. The van der Waals surface area contributed by atoms with Crippen LogP contribution in [0.1, 0.15) is 25.0 Å². The number of amides is 1. The summed E-state index contributed by atoms with van der Waals surface area (Å²) in [5.41, 5.74) is 2.91. The van der Waals surface area contributed by atoms with Crippen molar-refractivity contribution in [1.82, 2.24) is 9.78 Å². The SMILES string of the molecule is Cc1nn(-c2ccc(F)cc2)c(NC(=O)CCCC(=O)[O-])c1-c1ccccc1. The van der Waals surface area contributed by atoms with E-state index in [-0.39, 0.29) is 31.0 Å². The van der Waals surface area contributed by atoms with Crippen LogP contribution in [0.3, 0.4) is 0 Å². The number of aryl methyl sites for hydroxylation is 1. The molecular weight excluding hydrogens is 361 g/mol. The van der Waals surface area contributed by atoms with Crippen LogP contribution in [-0.4, -0.2) is 21.7 Å². The molecule has 0 radical (unpaired) electrons. The molecule has 1 N–H and O–H groups in total. The summed E-state index contributed by atoms with van der Waals surface area (Å²) in [5.74, 6) is -1.44. The topological polar surface area (TPSA) is 87.0 Å². The molecule has 0 saturated carbocycles. The summed E-state index contributed by atoms with van der Waals surface area (Å²) in [5, 5.41) is 17.9. The predicted octanol–water partition coefficient (Wildman–Crippen LogP) is 2.85. The first-order valence-corrected chi connectivity index (χ1v) is 8.86. The Hall–Kier alpha value is -3.48. The van der Waals surface area contributed by atoms with E-state index in [1.807, 2.05) is 37.3 Å². The van der Waals surface area contributed by atoms with E-state index in [0.29, 0.717) is 17.2 Å². The number of aromatic nitrogens is 2. The lowest BCUT2D eigenvalue weighted by atomic mass is 10.1. The van der Waals surface area contributed by atoms with Gasteiger partial charge in [-0.1, -0.05) is 30.3 Å². The molecule has 0 aliphatic rings. The highest BCUT2D eigenvalue weighted by molar-refractivity contribution is 5.95. The van der Waals surface area contributed by atoms with Gasteiger partial charge in [-0.05, 0) is 49.6 Å². The highest BCUT2D eigenvalue weighted by Crippen LogP contribution is 2.33. The molecule has 0 unspecified atom stereocenters. The average Bonchev–Trinajstić information content (AvgIpc) is 2.98. The standard InChI is InChI=1S/C21H20FN3O3/c1-14-20(15-6-3-2-4-7-15)21(23-18(26)8-5-9-19(27)28)25(24-14)17-12-10-16(22)11-13-17/h2-4,6-7,10-13H,5,8-9H2,1H3,(H,23,26)(H,27,28)/p-1. The van der Waals surface area contributed by atoms with Gasteiger partial charge in [-0.15, -0.1) is 0 Å². The molecule has 2 aromatic carbocycles. The highest BCUT2D eigenvalue weighted by atomic mass is 19.1. The fraction of sp³-hybridized carbons (Fsp3) is 0.190. The number of rotatable bonds is 7. The van der Waals surface area contributed by atoms with Gasteiger partial charge in [0, 0.05) is 18.0 Å². The van der Waals surface area contributed by atoms with Gasteiger partial charge in [0.2, 0.25) is 5.91 Å². The van der Waals surface area contributed by atoms with Crippen LogP contribution in [0.2, 0.25) is 0 Å². The van der Waals surface area contributed by atoms with Crippen LogP contribution in [0.15, 0.2) is 54.6 Å². The van der Waals surface area contributed by atoms with Crippen molar-refractivity contribution < 1.29 is 19.1 Å². The number of hydrogen-bond acceptors (Lipinski definition) is 4. The number of halogens is 1. The van der Waals surface area contributed by atoms with E-state index in [1.54, 1.807) is 16.8 Å². The van der Waals surface area contributed by atoms with Gasteiger partial charge in [0.1, 0.15) is 11.6 Å². The summed E-state index contributed by atoms with van der Waals surface area (Å²) in [6.07, 6.45) is 0.0313. The average molecular weight is 380 g/mol. The Morgan fingerprint density at radius 1 is 1.07 bits per heavy atom. The first-order valence-electron chi connectivity index (χ1n) is 8.86. The van der Waals surface area contributed by atoms with Crippen molar-refractivity contribution in [2.45, 2.75) is 26.2 Å². The van der Waals surface area contributed by atoms with Gasteiger partial charge in [0.15, 0.2) is 0 Å². The minimum Gasteiger partial charge on any atom is -0.550 e. The Balaban J connectivity index is 1.99. The van der Waals surface area contributed by atoms with Crippen molar-refractivity contribution in [3.8, 4) is 16.8 Å². The third-order valence-corrected chi connectivity index (χ3v) is 4.24. The number of anilines is 1. The Kier molecular flexibility index (Phi) is 5.84. The molecule has 144 valence electrons. The van der Waals surface area contributed by atoms with Crippen LogP contribution >= 0.6 is 0 Å². The molecule has 1 amide bonds. The van der Waals surface area contributed by atoms with Crippen molar-refractivity contribution in [1.29, 1.82) is 0 Å². The van der Waals surface area contributed by atoms with E-state index in [0.717, 1.165) is 11.1 Å². The maximum atomic E-state index is 13.3. The van der Waals surface area contributed by atoms with Gasteiger partial charge in [-0.3, -0.25) is 4.79 Å². The van der Waals surface area contributed by atoms with Crippen molar-refractivity contribution in [2.24, 2.45) is 0 Å². The lowest BCUT2D eigenvalue weighted by Gasteiger charge is -2.12. The molecule has 0 atom stereocenters. The van der Waals surface area contributed by atoms with Gasteiger partial charge >= 0.3 is 0 Å². The lowest BCUT2D eigenvalue weighted by Crippen LogP contribution is -2.22. The number of benzene rings is 2. The zero-order chi connectivity index (χ0) is 20.1. The monoisotopic (exact) mass is 380 g/mol. The maximum absolute atomic E-state index is 13.3. The lowest BCUT2D eigenvalue weighted by molar-refractivity contribution is -0.305. The Morgan fingerprint density at radius 3 is 2.39 bits per heavy atom. The van der Waals surface area contributed by atoms with Crippen molar-refractivity contribution in [3.05, 3.63) is 66.1 Å². The third-order valence-electron chi connectivity index (χ3n) is 4.24. The minimum absolute atomic E-state index is 0.0376. The Morgan fingerprint density at radius 2 is 1.75 bits per heavy atom. The van der Waals surface area contributed by atoms with Crippen LogP contribution < -0.4 is 10.4 Å². The molecule has 3 aromatic rings. The van der Waals surface area contributed by atoms with E-state index < -0.39 is 5.97 Å². The second kappa shape index (κ2) is 8.47. The zero-order valence-corrected chi connectivity index (χ0v) is 15.3. The predicted molar refractivity (Wildman–Crippen MR) is 101 cm³/mol. The van der Waals surface area contributed by atoms with Crippen molar-refractivity contribution in [2.75, 3.05) is 5.32 Å². The molecule has 0 spiro atoms. The second-order valence-electron chi connectivity index (χ2n) is 6.34. The molecule has 6 nitrogen and oxygen atoms in total. The molecular formula is C21H19FN3O3-. The largest absolute Gasteiger partial charge is 0.550 e. The molecule has 0 saturated heterocycles. The number of nitrogens with one attached hydrogen (secondary N) is 1. The summed E-state index contributed by atoms with van der Waals surface area (Å²) in [6.45, 7) is 1.83. The summed E-state index contributed by atoms with van der Waals surface area (Å²) in [7, 11) is 0. The zero-order valence-electron chi connectivity index (χ0n) is 15.3. The summed E-state index contributed by atoms with van der Waals surface area (Å²) in [6, 6.07) is 15.3. The van der Waals surface area contributed by atoms with Crippen LogP contribution in [0.25, 0.3) is 16.8 Å². The molecule has 0 fully saturated rings. The number of carbonyl (C=O) groups is 2. The molecule has 28 heavy (non-hydrogen) atoms. The normalized spacial score (nSPS) is 10.6. The molecule has 0 aliphatic heterocycles. The minimum atomic E-state index is -1.19. The molecule has 1 aromatic heterocycles. The van der Waals surface area contributed by atoms with Crippen LogP contribution in [0, 0.1) is 12.7 Å². The first-order chi connectivity index (χ1) is 13.5. The summed E-state index contributed by atoms with van der Waals surface area (Å²) >= 11 is 0. The fourth-order valence-electron chi connectivity index (χ4n) is 2.95. The maximum Gasteiger partial charge on any atom is 0.225 e. The smallest absolute Gasteiger partial charge is 0.225 e. The molecule has 3 rings (SSSR count). The van der Waals surface area contributed by atoms with E-state index >= 15 is 0 Å². The van der Waals surface area contributed by atoms with Crippen LogP contribution in [0.5, 0.6) is 0 Å². The van der Waals surface area contributed by atoms with Gasteiger partial charge in [0.25, 0.3) is 0 Å². The Labute approximate surface area is 161 Å².